The van der Waals surface area contributed by atoms with Gasteiger partial charge in [0.2, 0.25) is 6.79 Å². The van der Waals surface area contributed by atoms with Gasteiger partial charge >= 0.3 is 0 Å². The number of hydrogen-bond donors (Lipinski definition) is 2. The molecule has 1 amide bonds. The zero-order chi connectivity index (χ0) is 16.6. The molecule has 120 valence electrons. The number of aromatic hydroxyl groups is 1. The Kier molecular flexibility index (Phi) is 3.64. The number of benzene rings is 2. The average molecular weight is 313 g/mol. The molecule has 0 radical (unpaired) electrons. The van der Waals surface area contributed by atoms with Crippen LogP contribution in [0.25, 0.3) is 0 Å². The van der Waals surface area contributed by atoms with Crippen molar-refractivity contribution in [3.05, 3.63) is 47.5 Å². The Morgan fingerprint density at radius 1 is 1.17 bits per heavy atom. The lowest BCUT2D eigenvalue weighted by Crippen LogP contribution is -2.15. The number of anilines is 1. The maximum atomic E-state index is 12.5. The number of ether oxygens (including phenoxy) is 2. The van der Waals surface area contributed by atoms with Gasteiger partial charge in [0.15, 0.2) is 11.5 Å². The summed E-state index contributed by atoms with van der Waals surface area (Å²) in [5.41, 5.74) is 1.68. The second kappa shape index (κ2) is 5.50. The number of rotatable bonds is 2. The minimum absolute atomic E-state index is 0.0242. The number of hydrogen-bond acceptors (Lipinski definition) is 4. The van der Waals surface area contributed by atoms with E-state index in [1.54, 1.807) is 30.3 Å². The van der Waals surface area contributed by atoms with E-state index in [1.165, 1.54) is 0 Å². The van der Waals surface area contributed by atoms with E-state index in [-0.39, 0.29) is 23.9 Å². The van der Waals surface area contributed by atoms with Crippen LogP contribution in [0.4, 0.5) is 5.69 Å². The molecule has 5 heteroatoms. The maximum absolute atomic E-state index is 12.5. The van der Waals surface area contributed by atoms with Crippen molar-refractivity contribution in [3.8, 4) is 17.2 Å². The van der Waals surface area contributed by atoms with Crippen LogP contribution in [-0.4, -0.2) is 17.8 Å². The predicted octanol–water partition coefficient (Wildman–Crippen LogP) is 3.67. The highest BCUT2D eigenvalue weighted by molar-refractivity contribution is 6.07. The third-order valence-electron chi connectivity index (χ3n) is 3.75. The first-order valence-electron chi connectivity index (χ1n) is 7.40. The van der Waals surface area contributed by atoms with Gasteiger partial charge in [0.25, 0.3) is 5.91 Å². The van der Waals surface area contributed by atoms with Crippen LogP contribution in [-0.2, 0) is 5.41 Å². The van der Waals surface area contributed by atoms with Crippen molar-refractivity contribution >= 4 is 11.6 Å². The Bertz CT molecular complexity index is 762. The van der Waals surface area contributed by atoms with Crippen LogP contribution in [0.1, 0.15) is 36.7 Å². The van der Waals surface area contributed by atoms with Crippen LogP contribution >= 0.6 is 0 Å². The molecule has 2 aromatic carbocycles. The van der Waals surface area contributed by atoms with Gasteiger partial charge < -0.3 is 19.9 Å². The number of phenols is 1. The Balaban J connectivity index is 1.91. The van der Waals surface area contributed by atoms with Crippen LogP contribution in [0.5, 0.6) is 17.2 Å². The lowest BCUT2D eigenvalue weighted by Gasteiger charge is -2.20. The van der Waals surface area contributed by atoms with Crippen molar-refractivity contribution in [2.24, 2.45) is 0 Å². The van der Waals surface area contributed by atoms with Crippen molar-refractivity contribution < 1.29 is 19.4 Å². The van der Waals surface area contributed by atoms with Gasteiger partial charge in [-0.25, -0.2) is 0 Å². The zero-order valence-electron chi connectivity index (χ0n) is 13.3. The fourth-order valence-corrected chi connectivity index (χ4v) is 2.40. The second-order valence-corrected chi connectivity index (χ2v) is 6.48. The van der Waals surface area contributed by atoms with E-state index < -0.39 is 0 Å². The smallest absolute Gasteiger partial charge is 0.259 e. The van der Waals surface area contributed by atoms with E-state index >= 15 is 0 Å². The number of para-hydroxylation sites is 1. The average Bonchev–Trinajstić information content (AvgIpc) is 2.96. The van der Waals surface area contributed by atoms with Crippen molar-refractivity contribution in [1.29, 1.82) is 0 Å². The van der Waals surface area contributed by atoms with Crippen LogP contribution in [0.15, 0.2) is 36.4 Å². The summed E-state index contributed by atoms with van der Waals surface area (Å²) >= 11 is 0. The third-order valence-corrected chi connectivity index (χ3v) is 3.75. The SMILES string of the molecule is CC(C)(C)c1ccc(O)c(NC(=O)c2cccc3c2OCO3)c1. The van der Waals surface area contributed by atoms with E-state index in [4.69, 9.17) is 9.47 Å². The molecular weight excluding hydrogens is 294 g/mol. The Labute approximate surface area is 134 Å². The third kappa shape index (κ3) is 2.95. The summed E-state index contributed by atoms with van der Waals surface area (Å²) < 4.78 is 10.6. The molecule has 3 rings (SSSR count). The largest absolute Gasteiger partial charge is 0.506 e. The van der Waals surface area contributed by atoms with Gasteiger partial charge in [-0.2, -0.15) is 0 Å². The number of fused-ring (bicyclic) bond motifs is 1. The molecule has 0 saturated carbocycles. The van der Waals surface area contributed by atoms with Crippen LogP contribution in [0, 0.1) is 0 Å². The lowest BCUT2D eigenvalue weighted by atomic mass is 9.87. The molecule has 1 aliphatic rings. The molecule has 0 bridgehead atoms. The van der Waals surface area contributed by atoms with Gasteiger partial charge in [-0.1, -0.05) is 32.9 Å². The molecule has 0 spiro atoms. The zero-order valence-corrected chi connectivity index (χ0v) is 13.3. The van der Waals surface area contributed by atoms with Crippen LogP contribution < -0.4 is 14.8 Å². The number of carbonyl (C=O) groups is 1. The van der Waals surface area contributed by atoms with Gasteiger partial charge in [-0.15, -0.1) is 0 Å². The van der Waals surface area contributed by atoms with Crippen LogP contribution in [0.2, 0.25) is 0 Å². The summed E-state index contributed by atoms with van der Waals surface area (Å²) in [6.07, 6.45) is 0. The van der Waals surface area contributed by atoms with Crippen molar-refractivity contribution in [3.63, 3.8) is 0 Å². The van der Waals surface area contributed by atoms with Gasteiger partial charge in [0, 0.05) is 0 Å². The Morgan fingerprint density at radius 3 is 2.70 bits per heavy atom. The number of amides is 1. The Morgan fingerprint density at radius 2 is 1.96 bits per heavy atom. The first-order chi connectivity index (χ1) is 10.9. The number of nitrogens with one attached hydrogen (secondary N) is 1. The minimum atomic E-state index is -0.353. The molecule has 23 heavy (non-hydrogen) atoms. The second-order valence-electron chi connectivity index (χ2n) is 6.48. The molecule has 1 aliphatic heterocycles. The molecule has 5 nitrogen and oxygen atoms in total. The molecule has 2 aromatic rings. The first kappa shape index (κ1) is 15.2. The molecule has 0 aromatic heterocycles. The summed E-state index contributed by atoms with van der Waals surface area (Å²) in [6.45, 7) is 6.31. The van der Waals surface area contributed by atoms with Crippen molar-refractivity contribution in [1.82, 2.24) is 0 Å². The monoisotopic (exact) mass is 313 g/mol. The van der Waals surface area contributed by atoms with Gasteiger partial charge in [-0.05, 0) is 35.2 Å². The topological polar surface area (TPSA) is 67.8 Å². The highest BCUT2D eigenvalue weighted by atomic mass is 16.7. The predicted molar refractivity (Wildman–Crippen MR) is 87.3 cm³/mol. The fraction of sp³-hybridized carbons (Fsp3) is 0.278. The first-order valence-corrected chi connectivity index (χ1v) is 7.40. The standard InChI is InChI=1S/C18H19NO4/c1-18(2,3)11-7-8-14(20)13(9-11)19-17(21)12-5-4-6-15-16(12)23-10-22-15/h4-9,20H,10H2,1-3H3,(H,19,21). The van der Waals surface area contributed by atoms with E-state index in [1.807, 2.05) is 6.07 Å². The molecule has 2 N–H and O–H groups in total. The summed E-state index contributed by atoms with van der Waals surface area (Å²) in [5, 5.41) is 12.8. The highest BCUT2D eigenvalue weighted by Gasteiger charge is 2.23. The molecule has 0 unspecified atom stereocenters. The maximum Gasteiger partial charge on any atom is 0.259 e. The van der Waals surface area contributed by atoms with Gasteiger partial charge in [0.05, 0.1) is 11.3 Å². The molecule has 0 fully saturated rings. The van der Waals surface area contributed by atoms with Gasteiger partial charge in [-0.3, -0.25) is 4.79 Å². The number of phenolic OH excluding ortho intramolecular Hbond substituents is 1. The van der Waals surface area contributed by atoms with Crippen molar-refractivity contribution in [2.45, 2.75) is 26.2 Å². The lowest BCUT2D eigenvalue weighted by molar-refractivity contribution is 0.102. The summed E-state index contributed by atoms with van der Waals surface area (Å²) in [7, 11) is 0. The minimum Gasteiger partial charge on any atom is -0.506 e. The van der Waals surface area contributed by atoms with E-state index in [9.17, 15) is 9.90 Å². The van der Waals surface area contributed by atoms with Gasteiger partial charge in [0.1, 0.15) is 5.75 Å². The van der Waals surface area contributed by atoms with Crippen molar-refractivity contribution in [2.75, 3.05) is 12.1 Å². The molecule has 0 atom stereocenters. The summed E-state index contributed by atoms with van der Waals surface area (Å²) in [5.74, 6) is 0.645. The van der Waals surface area contributed by atoms with E-state index in [0.717, 1.165) is 5.56 Å². The van der Waals surface area contributed by atoms with E-state index in [2.05, 4.69) is 26.1 Å². The summed E-state index contributed by atoms with van der Waals surface area (Å²) in [4.78, 5) is 12.5. The normalized spacial score (nSPS) is 13.0. The van der Waals surface area contributed by atoms with E-state index in [0.29, 0.717) is 22.7 Å². The molecular formula is C18H19NO4. The summed E-state index contributed by atoms with van der Waals surface area (Å²) in [6, 6.07) is 10.4. The fourth-order valence-electron chi connectivity index (χ4n) is 2.40. The Hall–Kier alpha value is -2.69. The number of carbonyl (C=O) groups excluding carboxylic acids is 1. The highest BCUT2D eigenvalue weighted by Crippen LogP contribution is 2.36. The molecule has 0 saturated heterocycles. The van der Waals surface area contributed by atoms with Crippen LogP contribution in [0.3, 0.4) is 0 Å². The molecule has 1 heterocycles. The molecule has 0 aliphatic carbocycles. The quantitative estimate of drug-likeness (QED) is 0.830.